The van der Waals surface area contributed by atoms with Crippen molar-refractivity contribution >= 4 is 27.5 Å². The van der Waals surface area contributed by atoms with Crippen molar-refractivity contribution < 1.29 is 13.2 Å². The van der Waals surface area contributed by atoms with Gasteiger partial charge in [0.25, 0.3) is 0 Å². The summed E-state index contributed by atoms with van der Waals surface area (Å²) in [4.78, 5) is 12.8. The Labute approximate surface area is 167 Å². The number of hydrogen-bond donors (Lipinski definition) is 1. The van der Waals surface area contributed by atoms with Crippen LogP contribution in [0.25, 0.3) is 0 Å². The second kappa shape index (κ2) is 9.39. The number of hydrogen-bond acceptors (Lipinski definition) is 3. The zero-order valence-corrected chi connectivity index (χ0v) is 17.3. The summed E-state index contributed by atoms with van der Waals surface area (Å²) in [7, 11) is -3.49. The molecule has 2 fully saturated rings. The van der Waals surface area contributed by atoms with Gasteiger partial charge in [-0.05, 0) is 49.4 Å². The molecular weight excluding hydrogens is 384 g/mol. The fourth-order valence-electron chi connectivity index (χ4n) is 4.05. The van der Waals surface area contributed by atoms with Crippen LogP contribution < -0.4 is 5.32 Å². The molecule has 1 unspecified atom stereocenters. The van der Waals surface area contributed by atoms with E-state index < -0.39 is 10.0 Å². The third-order valence-corrected chi connectivity index (χ3v) is 7.87. The molecule has 1 heterocycles. The van der Waals surface area contributed by atoms with E-state index in [1.165, 1.54) is 23.6 Å². The Morgan fingerprint density at radius 1 is 1.04 bits per heavy atom. The fraction of sp³-hybridized carbons (Fsp3) is 0.650. The van der Waals surface area contributed by atoms with Crippen LogP contribution >= 0.6 is 11.6 Å². The molecule has 1 saturated heterocycles. The summed E-state index contributed by atoms with van der Waals surface area (Å²) < 4.78 is 27.0. The molecule has 0 aromatic heterocycles. The van der Waals surface area contributed by atoms with Crippen LogP contribution in [-0.4, -0.2) is 38.3 Å². The van der Waals surface area contributed by atoms with E-state index in [1.807, 2.05) is 0 Å². The van der Waals surface area contributed by atoms with Gasteiger partial charge in [0.15, 0.2) is 0 Å². The largest absolute Gasteiger partial charge is 0.356 e. The van der Waals surface area contributed by atoms with E-state index in [9.17, 15) is 13.2 Å². The molecule has 1 aromatic carbocycles. The quantitative estimate of drug-likeness (QED) is 0.799. The van der Waals surface area contributed by atoms with Crippen LogP contribution in [0.4, 0.5) is 0 Å². The van der Waals surface area contributed by atoms with Crippen LogP contribution in [0.3, 0.4) is 0 Å². The van der Waals surface area contributed by atoms with Gasteiger partial charge in [-0.25, -0.2) is 8.42 Å². The lowest BCUT2D eigenvalue weighted by Gasteiger charge is -2.20. The fourth-order valence-corrected chi connectivity index (χ4v) is 5.70. The molecule has 0 bridgehead atoms. The maximum atomic E-state index is 12.7. The molecule has 1 atom stereocenters. The molecule has 27 heavy (non-hydrogen) atoms. The molecule has 7 heteroatoms. The van der Waals surface area contributed by atoms with E-state index in [0.29, 0.717) is 24.7 Å². The van der Waals surface area contributed by atoms with Crippen molar-refractivity contribution in [3.63, 3.8) is 0 Å². The van der Waals surface area contributed by atoms with E-state index >= 15 is 0 Å². The minimum absolute atomic E-state index is 0.126. The Hall–Kier alpha value is -1.11. The van der Waals surface area contributed by atoms with Crippen molar-refractivity contribution in [1.82, 2.24) is 9.62 Å². The van der Waals surface area contributed by atoms with Gasteiger partial charge in [-0.1, -0.05) is 43.7 Å². The highest BCUT2D eigenvalue weighted by Gasteiger charge is 2.33. The number of halogens is 1. The Morgan fingerprint density at radius 2 is 1.67 bits per heavy atom. The highest BCUT2D eigenvalue weighted by molar-refractivity contribution is 7.89. The van der Waals surface area contributed by atoms with Gasteiger partial charge in [-0.2, -0.15) is 4.31 Å². The molecule has 0 radical (unpaired) electrons. The summed E-state index contributed by atoms with van der Waals surface area (Å²) in [5, 5.41) is 3.60. The number of nitrogens with zero attached hydrogens (tertiary/aromatic N) is 1. The van der Waals surface area contributed by atoms with Crippen molar-refractivity contribution in [1.29, 1.82) is 0 Å². The lowest BCUT2D eigenvalue weighted by Crippen LogP contribution is -2.36. The van der Waals surface area contributed by atoms with Crippen molar-refractivity contribution in [2.75, 3.05) is 19.6 Å². The smallest absolute Gasteiger partial charge is 0.243 e. The van der Waals surface area contributed by atoms with E-state index in [1.54, 1.807) is 24.3 Å². The average Bonchev–Trinajstić information content (AvgIpc) is 3.10. The number of nitrogens with one attached hydrogen (secondary N) is 1. The topological polar surface area (TPSA) is 66.5 Å². The summed E-state index contributed by atoms with van der Waals surface area (Å²) >= 11 is 5.85. The molecule has 1 aliphatic heterocycles. The van der Waals surface area contributed by atoms with Gasteiger partial charge in [-0.3, -0.25) is 4.79 Å². The van der Waals surface area contributed by atoms with Crippen molar-refractivity contribution in [2.24, 2.45) is 11.8 Å². The van der Waals surface area contributed by atoms with Crippen molar-refractivity contribution in [3.8, 4) is 0 Å². The number of sulfonamides is 1. The monoisotopic (exact) mass is 412 g/mol. The first-order chi connectivity index (χ1) is 13.0. The van der Waals surface area contributed by atoms with Gasteiger partial charge >= 0.3 is 0 Å². The highest BCUT2D eigenvalue weighted by Crippen LogP contribution is 2.26. The summed E-state index contributed by atoms with van der Waals surface area (Å²) in [5.74, 6) is 0.445. The molecule has 1 amide bonds. The number of amides is 1. The standard InChI is InChI=1S/C20H29ClN2O3S/c21-18-8-10-19(11-9-18)27(25,26)23-13-12-16(15-23)14-22-20(24)17-6-4-2-1-3-5-7-17/h8-11,16-17H,1-7,12-15H2,(H,22,24). The zero-order chi connectivity index (χ0) is 19.3. The number of carbonyl (C=O) groups is 1. The number of carbonyl (C=O) groups excluding carboxylic acids is 1. The molecule has 3 rings (SSSR count). The SMILES string of the molecule is O=C(NCC1CCN(S(=O)(=O)c2ccc(Cl)cc2)C1)C1CCCCCCC1. The Morgan fingerprint density at radius 3 is 2.33 bits per heavy atom. The summed E-state index contributed by atoms with van der Waals surface area (Å²) in [6, 6.07) is 6.27. The predicted octanol–water partition coefficient (Wildman–Crippen LogP) is 3.83. The van der Waals surface area contributed by atoms with Crippen LogP contribution in [0.5, 0.6) is 0 Å². The minimum Gasteiger partial charge on any atom is -0.356 e. The minimum atomic E-state index is -3.49. The van der Waals surface area contributed by atoms with E-state index in [-0.39, 0.29) is 22.6 Å². The number of benzene rings is 1. The third kappa shape index (κ3) is 5.46. The van der Waals surface area contributed by atoms with Crippen LogP contribution in [0.15, 0.2) is 29.2 Å². The van der Waals surface area contributed by atoms with Gasteiger partial charge < -0.3 is 5.32 Å². The van der Waals surface area contributed by atoms with Gasteiger partial charge in [-0.15, -0.1) is 0 Å². The predicted molar refractivity (Wildman–Crippen MR) is 107 cm³/mol. The second-order valence-corrected chi connectivity index (χ2v) is 10.1. The first-order valence-electron chi connectivity index (χ1n) is 10.0. The normalized spacial score (nSPS) is 22.9. The lowest BCUT2D eigenvalue weighted by atomic mass is 9.90. The summed E-state index contributed by atoms with van der Waals surface area (Å²) in [6.45, 7) is 1.51. The molecule has 1 aliphatic carbocycles. The summed E-state index contributed by atoms with van der Waals surface area (Å²) in [6.07, 6.45) is 8.74. The van der Waals surface area contributed by atoms with Crippen LogP contribution in [-0.2, 0) is 14.8 Å². The zero-order valence-electron chi connectivity index (χ0n) is 15.7. The summed E-state index contributed by atoms with van der Waals surface area (Å²) in [5.41, 5.74) is 0. The lowest BCUT2D eigenvalue weighted by molar-refractivity contribution is -0.125. The molecular formula is C20H29ClN2O3S. The van der Waals surface area contributed by atoms with E-state index in [4.69, 9.17) is 11.6 Å². The Bertz CT molecular complexity index is 728. The molecule has 5 nitrogen and oxygen atoms in total. The molecule has 2 aliphatic rings. The van der Waals surface area contributed by atoms with Crippen LogP contribution in [0.2, 0.25) is 5.02 Å². The molecule has 1 aromatic rings. The molecule has 150 valence electrons. The maximum absolute atomic E-state index is 12.7. The second-order valence-electron chi connectivity index (χ2n) is 7.76. The highest BCUT2D eigenvalue weighted by atomic mass is 35.5. The first kappa shape index (κ1) is 20.6. The van der Waals surface area contributed by atoms with Crippen LogP contribution in [0, 0.1) is 11.8 Å². The van der Waals surface area contributed by atoms with Gasteiger partial charge in [0, 0.05) is 30.6 Å². The van der Waals surface area contributed by atoms with E-state index in [0.717, 1.165) is 32.1 Å². The van der Waals surface area contributed by atoms with Crippen LogP contribution in [0.1, 0.15) is 51.4 Å². The number of rotatable bonds is 5. The Balaban J connectivity index is 1.50. The van der Waals surface area contributed by atoms with Crippen molar-refractivity contribution in [2.45, 2.75) is 56.3 Å². The van der Waals surface area contributed by atoms with Crippen molar-refractivity contribution in [3.05, 3.63) is 29.3 Å². The molecule has 1 N–H and O–H groups in total. The first-order valence-corrected chi connectivity index (χ1v) is 11.8. The molecule has 0 spiro atoms. The van der Waals surface area contributed by atoms with E-state index in [2.05, 4.69) is 5.32 Å². The van der Waals surface area contributed by atoms with Gasteiger partial charge in [0.05, 0.1) is 4.90 Å². The average molecular weight is 413 g/mol. The molecule has 1 saturated carbocycles. The maximum Gasteiger partial charge on any atom is 0.243 e. The third-order valence-electron chi connectivity index (χ3n) is 5.74. The Kier molecular flexibility index (Phi) is 7.17. The van der Waals surface area contributed by atoms with Gasteiger partial charge in [0.1, 0.15) is 0 Å². The van der Waals surface area contributed by atoms with Gasteiger partial charge in [0.2, 0.25) is 15.9 Å².